The van der Waals surface area contributed by atoms with Crippen LogP contribution in [0.15, 0.2) is 18.2 Å². The Balaban J connectivity index is 1.70. The molecule has 2 aromatic rings. The van der Waals surface area contributed by atoms with Gasteiger partial charge in [0, 0.05) is 13.1 Å². The summed E-state index contributed by atoms with van der Waals surface area (Å²) in [5.41, 5.74) is 9.08. The number of amides is 1. The largest absolute Gasteiger partial charge is 0.444 e. The van der Waals surface area contributed by atoms with Crippen LogP contribution in [0.3, 0.4) is 0 Å². The van der Waals surface area contributed by atoms with Crippen molar-refractivity contribution >= 4 is 17.1 Å². The number of carbonyl (C=O) groups is 1. The molecule has 3 N–H and O–H groups in total. The molecule has 6 heteroatoms. The number of ether oxygens (including phenoxy) is 1. The lowest BCUT2D eigenvalue weighted by molar-refractivity contribution is -0.675. The molecule has 0 unspecified atom stereocenters. The van der Waals surface area contributed by atoms with Gasteiger partial charge in [0.1, 0.15) is 5.60 Å². The summed E-state index contributed by atoms with van der Waals surface area (Å²) in [5.74, 6) is 1.53. The zero-order valence-corrected chi connectivity index (χ0v) is 16.3. The Bertz CT molecular complexity index is 783. The fraction of sp³-hybridized carbons (Fsp3) is 0.600. The van der Waals surface area contributed by atoms with Crippen molar-refractivity contribution in [3.63, 3.8) is 0 Å². The van der Waals surface area contributed by atoms with Crippen molar-refractivity contribution in [1.82, 2.24) is 9.88 Å². The van der Waals surface area contributed by atoms with Crippen LogP contribution < -0.4 is 10.3 Å². The van der Waals surface area contributed by atoms with Gasteiger partial charge in [-0.15, -0.1) is 0 Å². The maximum absolute atomic E-state index is 12.2. The molecule has 0 aliphatic carbocycles. The molecule has 0 radical (unpaired) electrons. The molecule has 0 bridgehead atoms. The number of nitrogens with one attached hydrogen (secondary N) is 1. The molecule has 0 atom stereocenters. The van der Waals surface area contributed by atoms with Crippen LogP contribution in [0.25, 0.3) is 11.0 Å². The van der Waals surface area contributed by atoms with E-state index >= 15 is 0 Å². The molecule has 1 saturated heterocycles. The van der Waals surface area contributed by atoms with Crippen LogP contribution in [0, 0.1) is 0 Å². The van der Waals surface area contributed by atoms with Crippen LogP contribution in [-0.4, -0.2) is 34.7 Å². The summed E-state index contributed by atoms with van der Waals surface area (Å²) in [4.78, 5) is 17.5. The van der Waals surface area contributed by atoms with E-state index in [0.29, 0.717) is 12.5 Å². The number of H-pyrrole nitrogens is 1. The van der Waals surface area contributed by atoms with Crippen LogP contribution in [-0.2, 0) is 17.8 Å². The predicted molar refractivity (Wildman–Crippen MR) is 102 cm³/mol. The molecule has 0 spiro atoms. The van der Waals surface area contributed by atoms with Crippen molar-refractivity contribution in [2.45, 2.75) is 65.1 Å². The van der Waals surface area contributed by atoms with Crippen LogP contribution in [0.4, 0.5) is 4.79 Å². The van der Waals surface area contributed by atoms with Gasteiger partial charge in [-0.2, -0.15) is 0 Å². The minimum atomic E-state index is -0.443. The second-order valence-electron chi connectivity index (χ2n) is 8.04. The van der Waals surface area contributed by atoms with Gasteiger partial charge >= 0.3 is 6.09 Å². The number of aromatic nitrogens is 2. The first kappa shape index (κ1) is 18.7. The van der Waals surface area contributed by atoms with E-state index in [9.17, 15) is 4.79 Å². The average Bonchev–Trinajstić information content (AvgIpc) is 2.97. The highest BCUT2D eigenvalue weighted by atomic mass is 16.6. The Morgan fingerprint density at radius 1 is 1.35 bits per heavy atom. The molecule has 1 aliphatic rings. The SMILES string of the molecule is CC[n+]1c(CN)[nH]c2cc(C3CCN(C(=O)OC(C)(C)C)CC3)ccc21. The molecule has 1 amide bonds. The van der Waals surface area contributed by atoms with E-state index in [1.54, 1.807) is 0 Å². The maximum Gasteiger partial charge on any atom is 0.410 e. The summed E-state index contributed by atoms with van der Waals surface area (Å²) in [6.07, 6.45) is 1.72. The number of benzene rings is 1. The number of hydrogen-bond donors (Lipinski definition) is 2. The smallest absolute Gasteiger partial charge is 0.410 e. The quantitative estimate of drug-likeness (QED) is 0.827. The van der Waals surface area contributed by atoms with E-state index in [1.165, 1.54) is 11.1 Å². The number of likely N-dealkylation sites (tertiary alicyclic amines) is 1. The molecule has 142 valence electrons. The van der Waals surface area contributed by atoms with Gasteiger partial charge in [-0.1, -0.05) is 6.07 Å². The summed E-state index contributed by atoms with van der Waals surface area (Å²) in [5, 5.41) is 0. The maximum atomic E-state index is 12.2. The number of carbonyl (C=O) groups excluding carboxylic acids is 1. The van der Waals surface area contributed by atoms with Crippen LogP contribution in [0.5, 0.6) is 0 Å². The lowest BCUT2D eigenvalue weighted by atomic mass is 9.89. The normalized spacial score (nSPS) is 16.3. The molecule has 26 heavy (non-hydrogen) atoms. The highest BCUT2D eigenvalue weighted by Crippen LogP contribution is 2.30. The Kier molecular flexibility index (Phi) is 5.23. The first-order valence-corrected chi connectivity index (χ1v) is 9.54. The zero-order chi connectivity index (χ0) is 18.9. The van der Waals surface area contributed by atoms with Crippen molar-refractivity contribution in [1.29, 1.82) is 0 Å². The molecule has 1 aromatic carbocycles. The number of imidazole rings is 1. The van der Waals surface area contributed by atoms with Gasteiger partial charge in [0.2, 0.25) is 0 Å². The fourth-order valence-electron chi connectivity index (χ4n) is 3.76. The lowest BCUT2D eigenvalue weighted by Gasteiger charge is -2.33. The number of aryl methyl sites for hydroxylation is 1. The lowest BCUT2D eigenvalue weighted by Crippen LogP contribution is -2.41. The Hall–Kier alpha value is -2.08. The molecular formula is C20H31N4O2+. The first-order valence-electron chi connectivity index (χ1n) is 9.54. The molecular weight excluding hydrogens is 328 g/mol. The number of fused-ring (bicyclic) bond motifs is 1. The van der Waals surface area contributed by atoms with Crippen LogP contribution in [0.1, 0.15) is 57.8 Å². The summed E-state index contributed by atoms with van der Waals surface area (Å²) in [7, 11) is 0. The monoisotopic (exact) mass is 359 g/mol. The van der Waals surface area contributed by atoms with Crippen molar-refractivity contribution in [3.8, 4) is 0 Å². The van der Waals surface area contributed by atoms with E-state index in [2.05, 4.69) is 34.7 Å². The third kappa shape index (κ3) is 3.85. The van der Waals surface area contributed by atoms with Crippen molar-refractivity contribution < 1.29 is 14.1 Å². The summed E-state index contributed by atoms with van der Waals surface area (Å²) >= 11 is 0. The molecule has 0 saturated carbocycles. The number of nitrogens with zero attached hydrogens (tertiary/aromatic N) is 2. The van der Waals surface area contributed by atoms with E-state index in [0.717, 1.165) is 43.8 Å². The van der Waals surface area contributed by atoms with E-state index in [-0.39, 0.29) is 6.09 Å². The Labute approximate surface area is 155 Å². The summed E-state index contributed by atoms with van der Waals surface area (Å²) in [6.45, 7) is 10.7. The summed E-state index contributed by atoms with van der Waals surface area (Å²) < 4.78 is 7.71. The molecule has 1 aliphatic heterocycles. The molecule has 1 fully saturated rings. The molecule has 1 aromatic heterocycles. The van der Waals surface area contributed by atoms with Crippen molar-refractivity contribution in [2.75, 3.05) is 13.1 Å². The Morgan fingerprint density at radius 2 is 2.04 bits per heavy atom. The molecule has 6 nitrogen and oxygen atoms in total. The Morgan fingerprint density at radius 3 is 2.62 bits per heavy atom. The van der Waals surface area contributed by atoms with Gasteiger partial charge in [0.05, 0.1) is 13.1 Å². The van der Waals surface area contributed by atoms with Crippen LogP contribution >= 0.6 is 0 Å². The van der Waals surface area contributed by atoms with Crippen molar-refractivity contribution in [2.24, 2.45) is 5.73 Å². The van der Waals surface area contributed by atoms with Gasteiger partial charge in [-0.05, 0) is 64.2 Å². The predicted octanol–water partition coefficient (Wildman–Crippen LogP) is 3.05. The van der Waals surface area contributed by atoms with E-state index < -0.39 is 5.60 Å². The minimum Gasteiger partial charge on any atom is -0.444 e. The highest BCUT2D eigenvalue weighted by molar-refractivity contribution is 5.72. The third-order valence-corrected chi connectivity index (χ3v) is 5.04. The topological polar surface area (TPSA) is 75.2 Å². The molecule has 2 heterocycles. The van der Waals surface area contributed by atoms with Gasteiger partial charge in [0.25, 0.3) is 5.82 Å². The first-order chi connectivity index (χ1) is 12.3. The number of nitrogens with two attached hydrogens (primary N) is 1. The fourth-order valence-corrected chi connectivity index (χ4v) is 3.76. The van der Waals surface area contributed by atoms with Gasteiger partial charge in [0.15, 0.2) is 11.0 Å². The van der Waals surface area contributed by atoms with E-state index in [4.69, 9.17) is 10.5 Å². The number of piperidine rings is 1. The highest BCUT2D eigenvalue weighted by Gasteiger charge is 2.28. The second kappa shape index (κ2) is 7.27. The van der Waals surface area contributed by atoms with Crippen molar-refractivity contribution in [3.05, 3.63) is 29.6 Å². The van der Waals surface area contributed by atoms with Crippen LogP contribution in [0.2, 0.25) is 0 Å². The average molecular weight is 359 g/mol. The number of aromatic amines is 1. The van der Waals surface area contributed by atoms with E-state index in [1.807, 2.05) is 25.7 Å². The van der Waals surface area contributed by atoms with Gasteiger partial charge in [-0.25, -0.2) is 14.3 Å². The standard InChI is InChI=1S/C20H30N4O2/c1-5-24-17-7-6-15(12-16(17)22-18(24)13-21)14-8-10-23(11-9-14)19(25)26-20(2,3)4/h6-7,12,14H,5,8-11,13,21H2,1-4H3/p+1. The second-order valence-corrected chi connectivity index (χ2v) is 8.04. The minimum absolute atomic E-state index is 0.202. The third-order valence-electron chi connectivity index (χ3n) is 5.04. The molecule has 3 rings (SSSR count). The van der Waals surface area contributed by atoms with Gasteiger partial charge in [-0.3, -0.25) is 0 Å². The number of rotatable bonds is 3. The number of hydrogen-bond acceptors (Lipinski definition) is 3. The summed E-state index contributed by atoms with van der Waals surface area (Å²) in [6, 6.07) is 6.65. The zero-order valence-electron chi connectivity index (χ0n) is 16.3. The van der Waals surface area contributed by atoms with Gasteiger partial charge < -0.3 is 15.4 Å².